The van der Waals surface area contributed by atoms with Crippen LogP contribution in [0.3, 0.4) is 0 Å². The molecule has 9 heteroatoms. The van der Waals surface area contributed by atoms with Crippen LogP contribution in [0.2, 0.25) is 0 Å². The lowest BCUT2D eigenvalue weighted by Crippen LogP contribution is -2.29. The van der Waals surface area contributed by atoms with Crippen LogP contribution in [0.15, 0.2) is 23.8 Å². The molecule has 1 aliphatic carbocycles. The van der Waals surface area contributed by atoms with Gasteiger partial charge < -0.3 is 38.3 Å². The number of aliphatic hydroxyl groups excluding tert-OH is 1. The number of aliphatic hydroxyl groups is 1. The number of ether oxygens (including phenoxy) is 7. The number of carbonyl (C=O) groups excluding carboxylic acids is 1. The summed E-state index contributed by atoms with van der Waals surface area (Å²) >= 11 is 0. The van der Waals surface area contributed by atoms with Crippen LogP contribution in [0.4, 0.5) is 0 Å². The van der Waals surface area contributed by atoms with Crippen molar-refractivity contribution in [3.05, 3.63) is 34.9 Å². The van der Waals surface area contributed by atoms with Crippen LogP contribution in [-0.2, 0) is 9.53 Å². The van der Waals surface area contributed by atoms with E-state index in [-0.39, 0.29) is 18.6 Å². The van der Waals surface area contributed by atoms with Crippen molar-refractivity contribution in [2.24, 2.45) is 11.8 Å². The van der Waals surface area contributed by atoms with Crippen LogP contribution in [0.5, 0.6) is 34.5 Å². The van der Waals surface area contributed by atoms with Crippen molar-refractivity contribution >= 4 is 5.97 Å². The molecule has 1 heterocycles. The smallest absolute Gasteiger partial charge is 0.333 e. The Kier molecular flexibility index (Phi) is 7.45. The predicted octanol–water partition coefficient (Wildman–Crippen LogP) is 4.99. The maximum absolute atomic E-state index is 13.0. The van der Waals surface area contributed by atoms with Crippen LogP contribution < -0.4 is 28.4 Å². The van der Waals surface area contributed by atoms with Gasteiger partial charge in [0.05, 0.1) is 34.5 Å². The van der Waals surface area contributed by atoms with E-state index in [0.29, 0.717) is 62.3 Å². The van der Waals surface area contributed by atoms with Gasteiger partial charge in [0.2, 0.25) is 18.3 Å². The first-order valence-electron chi connectivity index (χ1n) is 12.1. The fourth-order valence-corrected chi connectivity index (χ4v) is 5.00. The minimum Gasteiger partial charge on any atom is -0.493 e. The van der Waals surface area contributed by atoms with E-state index in [1.165, 1.54) is 28.4 Å². The summed E-state index contributed by atoms with van der Waals surface area (Å²) in [6.45, 7) is 7.36. The molecular weight excluding hydrogens is 480 g/mol. The average molecular weight is 515 g/mol. The zero-order valence-electron chi connectivity index (χ0n) is 22.5. The largest absolute Gasteiger partial charge is 0.493 e. The van der Waals surface area contributed by atoms with Gasteiger partial charge >= 0.3 is 5.97 Å². The molecular formula is C28H34O9. The fourth-order valence-electron chi connectivity index (χ4n) is 5.00. The number of carbonyl (C=O) groups is 1. The first kappa shape index (κ1) is 26.5. The summed E-state index contributed by atoms with van der Waals surface area (Å²) in [7, 11) is 6.08. The molecule has 0 saturated heterocycles. The highest BCUT2D eigenvalue weighted by Crippen LogP contribution is 2.60. The van der Waals surface area contributed by atoms with E-state index in [1.807, 2.05) is 13.8 Å². The van der Waals surface area contributed by atoms with E-state index in [9.17, 15) is 9.90 Å². The molecule has 0 fully saturated rings. The van der Waals surface area contributed by atoms with Crippen molar-refractivity contribution in [2.75, 3.05) is 35.2 Å². The van der Waals surface area contributed by atoms with Crippen molar-refractivity contribution < 1.29 is 43.1 Å². The number of allylic oxidation sites excluding steroid dienone is 1. The molecule has 2 aromatic carbocycles. The molecule has 37 heavy (non-hydrogen) atoms. The van der Waals surface area contributed by atoms with Crippen molar-refractivity contribution in [1.29, 1.82) is 0 Å². The summed E-state index contributed by atoms with van der Waals surface area (Å²) in [5, 5.41) is 11.7. The van der Waals surface area contributed by atoms with Gasteiger partial charge in [0, 0.05) is 28.2 Å². The predicted molar refractivity (Wildman–Crippen MR) is 136 cm³/mol. The van der Waals surface area contributed by atoms with Gasteiger partial charge in [0.1, 0.15) is 6.10 Å². The molecule has 0 radical (unpaired) electrons. The Balaban J connectivity index is 2.17. The lowest BCUT2D eigenvalue weighted by atomic mass is 9.74. The van der Waals surface area contributed by atoms with Gasteiger partial charge in [-0.15, -0.1) is 0 Å². The fraction of sp³-hybridized carbons (Fsp3) is 0.464. The van der Waals surface area contributed by atoms with E-state index in [4.69, 9.17) is 33.2 Å². The summed E-state index contributed by atoms with van der Waals surface area (Å²) in [4.78, 5) is 13.0. The summed E-state index contributed by atoms with van der Waals surface area (Å²) < 4.78 is 40.7. The number of rotatable bonds is 6. The van der Waals surface area contributed by atoms with Gasteiger partial charge in [-0.3, -0.25) is 0 Å². The molecule has 9 nitrogen and oxygen atoms in total. The summed E-state index contributed by atoms with van der Waals surface area (Å²) in [5.41, 5.74) is 2.74. The van der Waals surface area contributed by atoms with Crippen molar-refractivity contribution in [3.63, 3.8) is 0 Å². The Morgan fingerprint density at radius 2 is 1.57 bits per heavy atom. The zero-order valence-corrected chi connectivity index (χ0v) is 22.5. The second-order valence-corrected chi connectivity index (χ2v) is 9.18. The molecule has 0 aromatic heterocycles. The second kappa shape index (κ2) is 10.4. The third kappa shape index (κ3) is 4.21. The molecule has 4 atom stereocenters. The van der Waals surface area contributed by atoms with Crippen molar-refractivity contribution in [2.45, 2.75) is 39.9 Å². The van der Waals surface area contributed by atoms with E-state index in [2.05, 4.69) is 0 Å². The molecule has 0 unspecified atom stereocenters. The number of fused-ring (bicyclic) bond motifs is 4. The lowest BCUT2D eigenvalue weighted by molar-refractivity contribution is -0.149. The standard InChI is InChI=1S/C28H34O9/c1-9-13(2)28(30)37-23-15(4)14(3)22(29)16-10-19-25(36-12-35-19)27(34-8)20(16)21-17(23)11-18(31-5)24(32-6)26(21)33-7/h9-11,14-15,22-23,29H,12H2,1-8H3/b13-9+/t14-,15+,22-,23+/m1/s1. The summed E-state index contributed by atoms with van der Waals surface area (Å²) in [6.07, 6.45) is -0.0223. The maximum atomic E-state index is 13.0. The Bertz CT molecular complexity index is 1230. The third-order valence-electron chi connectivity index (χ3n) is 7.38. The Morgan fingerprint density at radius 3 is 2.16 bits per heavy atom. The van der Waals surface area contributed by atoms with Crippen LogP contribution in [0.25, 0.3) is 11.1 Å². The molecule has 4 rings (SSSR count). The van der Waals surface area contributed by atoms with Gasteiger partial charge in [-0.25, -0.2) is 4.79 Å². The Labute approximate surface area is 216 Å². The summed E-state index contributed by atoms with van der Waals surface area (Å²) in [5.74, 6) is 1.25. The highest BCUT2D eigenvalue weighted by atomic mass is 16.7. The first-order valence-corrected chi connectivity index (χ1v) is 12.1. The van der Waals surface area contributed by atoms with Crippen LogP contribution in [0.1, 0.15) is 51.0 Å². The van der Waals surface area contributed by atoms with Gasteiger partial charge in [-0.2, -0.15) is 0 Å². The van der Waals surface area contributed by atoms with Crippen molar-refractivity contribution in [3.8, 4) is 45.6 Å². The molecule has 1 aliphatic heterocycles. The van der Waals surface area contributed by atoms with Gasteiger partial charge in [-0.05, 0) is 37.5 Å². The highest BCUT2D eigenvalue weighted by molar-refractivity contribution is 5.90. The number of hydrogen-bond acceptors (Lipinski definition) is 9. The van der Waals surface area contributed by atoms with Gasteiger partial charge in [0.25, 0.3) is 0 Å². The van der Waals surface area contributed by atoms with Crippen LogP contribution in [0, 0.1) is 11.8 Å². The second-order valence-electron chi connectivity index (χ2n) is 9.18. The number of methoxy groups -OCH3 is 4. The molecule has 2 aromatic rings. The normalized spacial score (nSPS) is 22.2. The first-order chi connectivity index (χ1) is 17.7. The van der Waals surface area contributed by atoms with Crippen LogP contribution >= 0.6 is 0 Å². The molecule has 2 aliphatic rings. The molecule has 0 bridgehead atoms. The van der Waals surface area contributed by atoms with Crippen molar-refractivity contribution in [1.82, 2.24) is 0 Å². The molecule has 200 valence electrons. The van der Waals surface area contributed by atoms with E-state index in [1.54, 1.807) is 32.1 Å². The average Bonchev–Trinajstić information content (AvgIpc) is 3.39. The van der Waals surface area contributed by atoms with Gasteiger partial charge in [-0.1, -0.05) is 19.9 Å². The molecule has 1 N–H and O–H groups in total. The van der Waals surface area contributed by atoms with E-state index in [0.717, 1.165) is 0 Å². The Hall–Kier alpha value is -3.59. The maximum Gasteiger partial charge on any atom is 0.333 e. The quantitative estimate of drug-likeness (QED) is 0.422. The summed E-state index contributed by atoms with van der Waals surface area (Å²) in [6, 6.07) is 3.55. The monoisotopic (exact) mass is 514 g/mol. The SMILES string of the molecule is C/C=C(\C)C(=O)O[C@@H]1c2cc(OC)c(OC)c(OC)c2-c2c(cc3c(c2OC)OCO3)[C@H](O)[C@H](C)[C@@H]1C. The van der Waals surface area contributed by atoms with Crippen LogP contribution in [-0.4, -0.2) is 46.3 Å². The molecule has 0 amide bonds. The highest BCUT2D eigenvalue weighted by Gasteiger charge is 2.42. The van der Waals surface area contributed by atoms with E-state index < -0.39 is 18.2 Å². The number of esters is 1. The molecule has 0 spiro atoms. The van der Waals surface area contributed by atoms with E-state index >= 15 is 0 Å². The molecule has 0 saturated carbocycles. The number of benzene rings is 2. The number of hydrogen-bond donors (Lipinski definition) is 1. The zero-order chi connectivity index (χ0) is 27.0. The minimum atomic E-state index is -0.955. The van der Waals surface area contributed by atoms with Gasteiger partial charge in [0.15, 0.2) is 23.0 Å². The minimum absolute atomic E-state index is 0.0232. The lowest BCUT2D eigenvalue weighted by Gasteiger charge is -2.37. The Morgan fingerprint density at radius 1 is 0.919 bits per heavy atom. The third-order valence-corrected chi connectivity index (χ3v) is 7.38. The topological polar surface area (TPSA) is 102 Å².